The Morgan fingerprint density at radius 3 is 2.93 bits per heavy atom. The number of aromatic amines is 1. The van der Waals surface area contributed by atoms with Gasteiger partial charge in [-0.25, -0.2) is 4.79 Å². The molecule has 1 fully saturated rings. The molecule has 0 bridgehead atoms. The molecule has 0 unspecified atom stereocenters. The molecule has 2 amide bonds. The number of nitrogens with zero attached hydrogens (tertiary/aromatic N) is 1. The fourth-order valence-electron chi connectivity index (χ4n) is 4.02. The van der Waals surface area contributed by atoms with Crippen LogP contribution in [0.15, 0.2) is 53.9 Å². The number of hydrogen-bond acceptors (Lipinski definition) is 4. The molecule has 1 saturated heterocycles. The summed E-state index contributed by atoms with van der Waals surface area (Å²) in [6.45, 7) is 1.83. The Morgan fingerprint density at radius 2 is 2.17 bits per heavy atom. The Kier molecular flexibility index (Phi) is 4.84. The summed E-state index contributed by atoms with van der Waals surface area (Å²) in [5, 5.41) is 16.4. The van der Waals surface area contributed by atoms with Crippen LogP contribution in [-0.2, 0) is 14.4 Å². The minimum absolute atomic E-state index is 0.0211. The number of carboxylic acid groups (broad SMARTS) is 1. The SMILES string of the molecule is CC=CC1=C(C(=O)O)N2C(=O)[C@@H](NC(=O)CNc3ccc4[nH]ccc4c3)[C@H]2CC1. The summed E-state index contributed by atoms with van der Waals surface area (Å²) in [5.74, 6) is -1.81. The number of aliphatic carboxylic acids is 1. The predicted molar refractivity (Wildman–Crippen MR) is 108 cm³/mol. The molecule has 2 aliphatic rings. The fraction of sp³-hybridized carbons (Fsp3) is 0.286. The van der Waals surface area contributed by atoms with Gasteiger partial charge in [0, 0.05) is 22.8 Å². The van der Waals surface area contributed by atoms with Crippen molar-refractivity contribution in [2.24, 2.45) is 0 Å². The fourth-order valence-corrected chi connectivity index (χ4v) is 4.02. The third-order valence-corrected chi connectivity index (χ3v) is 5.37. The number of H-pyrrole nitrogens is 1. The van der Waals surface area contributed by atoms with E-state index >= 15 is 0 Å². The van der Waals surface area contributed by atoms with Crippen LogP contribution < -0.4 is 10.6 Å². The number of hydrogen-bond donors (Lipinski definition) is 4. The Bertz CT molecular complexity index is 1050. The number of β-lactam (4-membered cyclic amide) rings is 1. The van der Waals surface area contributed by atoms with Crippen molar-refractivity contribution in [2.75, 3.05) is 11.9 Å². The second-order valence-corrected chi connectivity index (χ2v) is 7.17. The first-order valence-electron chi connectivity index (χ1n) is 9.52. The predicted octanol–water partition coefficient (Wildman–Crippen LogP) is 1.98. The molecule has 0 radical (unpaired) electrons. The third kappa shape index (κ3) is 3.37. The van der Waals surface area contributed by atoms with Gasteiger partial charge in [-0.2, -0.15) is 0 Å². The lowest BCUT2D eigenvalue weighted by Gasteiger charge is -2.50. The van der Waals surface area contributed by atoms with E-state index in [0.29, 0.717) is 18.4 Å². The quantitative estimate of drug-likeness (QED) is 0.560. The van der Waals surface area contributed by atoms with Gasteiger partial charge in [0.15, 0.2) is 0 Å². The number of amides is 2. The number of carbonyl (C=O) groups excluding carboxylic acids is 2. The molecule has 29 heavy (non-hydrogen) atoms. The maximum absolute atomic E-state index is 12.6. The number of fused-ring (bicyclic) bond motifs is 2. The van der Waals surface area contributed by atoms with Gasteiger partial charge in [0.25, 0.3) is 5.91 Å². The van der Waals surface area contributed by atoms with Gasteiger partial charge in [0.05, 0.1) is 12.6 Å². The van der Waals surface area contributed by atoms with Crippen molar-refractivity contribution < 1.29 is 19.5 Å². The third-order valence-electron chi connectivity index (χ3n) is 5.37. The minimum atomic E-state index is -1.12. The van der Waals surface area contributed by atoms with Crippen molar-refractivity contribution in [3.63, 3.8) is 0 Å². The molecule has 8 heteroatoms. The van der Waals surface area contributed by atoms with Crippen LogP contribution in [0.4, 0.5) is 5.69 Å². The number of carbonyl (C=O) groups is 3. The van der Waals surface area contributed by atoms with Crippen molar-refractivity contribution >= 4 is 34.4 Å². The molecule has 3 heterocycles. The number of anilines is 1. The van der Waals surface area contributed by atoms with Gasteiger partial charge in [-0.1, -0.05) is 12.2 Å². The summed E-state index contributed by atoms with van der Waals surface area (Å²) in [6.07, 6.45) is 6.51. The number of rotatable bonds is 6. The lowest BCUT2D eigenvalue weighted by atomic mass is 9.83. The number of aromatic nitrogens is 1. The van der Waals surface area contributed by atoms with E-state index in [1.807, 2.05) is 30.5 Å². The molecule has 0 spiro atoms. The largest absolute Gasteiger partial charge is 0.477 e. The lowest BCUT2D eigenvalue weighted by molar-refractivity contribution is -0.155. The smallest absolute Gasteiger partial charge is 0.352 e. The van der Waals surface area contributed by atoms with E-state index in [2.05, 4.69) is 15.6 Å². The second-order valence-electron chi connectivity index (χ2n) is 7.17. The monoisotopic (exact) mass is 394 g/mol. The number of allylic oxidation sites excluding steroid dienone is 3. The van der Waals surface area contributed by atoms with Crippen molar-refractivity contribution in [1.82, 2.24) is 15.2 Å². The summed E-state index contributed by atoms with van der Waals surface area (Å²) >= 11 is 0. The van der Waals surface area contributed by atoms with Gasteiger partial charge in [-0.3, -0.25) is 14.5 Å². The van der Waals surface area contributed by atoms with Gasteiger partial charge in [-0.05, 0) is 49.6 Å². The molecule has 1 aromatic heterocycles. The first kappa shape index (κ1) is 18.8. The van der Waals surface area contributed by atoms with Crippen LogP contribution in [-0.4, -0.2) is 51.4 Å². The van der Waals surface area contributed by atoms with Gasteiger partial charge >= 0.3 is 5.97 Å². The van der Waals surface area contributed by atoms with Crippen LogP contribution in [0.3, 0.4) is 0 Å². The van der Waals surface area contributed by atoms with Crippen LogP contribution in [0.25, 0.3) is 10.9 Å². The highest BCUT2D eigenvalue weighted by molar-refractivity contribution is 6.02. The van der Waals surface area contributed by atoms with E-state index in [1.54, 1.807) is 19.1 Å². The summed E-state index contributed by atoms with van der Waals surface area (Å²) in [5.41, 5.74) is 2.47. The first-order valence-corrected chi connectivity index (χ1v) is 9.52. The Balaban J connectivity index is 1.38. The molecule has 0 saturated carbocycles. The van der Waals surface area contributed by atoms with Crippen LogP contribution in [0, 0.1) is 0 Å². The van der Waals surface area contributed by atoms with Crippen LogP contribution in [0.5, 0.6) is 0 Å². The Hall–Kier alpha value is -3.55. The molecule has 4 N–H and O–H groups in total. The first-order chi connectivity index (χ1) is 14.0. The highest BCUT2D eigenvalue weighted by Crippen LogP contribution is 2.37. The standard InChI is InChI=1S/C21H22N4O4/c1-2-3-12-4-7-16-18(20(27)25(16)19(12)21(28)29)24-17(26)11-23-14-5-6-15-13(10-14)8-9-22-15/h2-3,5-6,8-10,16,18,22-23H,4,7,11H2,1H3,(H,24,26)(H,28,29)/t16-,18+/m1/s1. The van der Waals surface area contributed by atoms with Crippen LogP contribution >= 0.6 is 0 Å². The zero-order chi connectivity index (χ0) is 20.5. The van der Waals surface area contributed by atoms with Gasteiger partial charge in [-0.15, -0.1) is 0 Å². The molecule has 150 valence electrons. The summed E-state index contributed by atoms with van der Waals surface area (Å²) in [4.78, 5) is 41.0. The van der Waals surface area contributed by atoms with Gasteiger partial charge in [0.2, 0.25) is 5.91 Å². The molecule has 8 nitrogen and oxygen atoms in total. The molecular formula is C21H22N4O4. The molecule has 2 aromatic rings. The Labute approximate surface area is 167 Å². The van der Waals surface area contributed by atoms with Gasteiger partial charge < -0.3 is 20.7 Å². The van der Waals surface area contributed by atoms with Crippen molar-refractivity contribution in [3.05, 3.63) is 53.9 Å². The number of nitrogens with one attached hydrogen (secondary N) is 3. The second kappa shape index (κ2) is 7.46. The normalized spacial score (nSPS) is 21.3. The molecule has 4 rings (SSSR count). The van der Waals surface area contributed by atoms with E-state index in [9.17, 15) is 19.5 Å². The zero-order valence-electron chi connectivity index (χ0n) is 15.9. The molecular weight excluding hydrogens is 372 g/mol. The maximum Gasteiger partial charge on any atom is 0.352 e. The Morgan fingerprint density at radius 1 is 1.34 bits per heavy atom. The zero-order valence-corrected chi connectivity index (χ0v) is 15.9. The van der Waals surface area contributed by atoms with Crippen LogP contribution in [0.2, 0.25) is 0 Å². The van der Waals surface area contributed by atoms with E-state index in [4.69, 9.17) is 0 Å². The maximum atomic E-state index is 12.6. The summed E-state index contributed by atoms with van der Waals surface area (Å²) < 4.78 is 0. The van der Waals surface area contributed by atoms with E-state index in [-0.39, 0.29) is 30.1 Å². The van der Waals surface area contributed by atoms with Crippen LogP contribution in [0.1, 0.15) is 19.8 Å². The molecule has 0 aliphatic carbocycles. The lowest BCUT2D eigenvalue weighted by Crippen LogP contribution is -2.71. The van der Waals surface area contributed by atoms with E-state index in [0.717, 1.165) is 16.6 Å². The molecule has 1 aromatic carbocycles. The number of benzene rings is 1. The van der Waals surface area contributed by atoms with E-state index in [1.165, 1.54) is 4.90 Å². The summed E-state index contributed by atoms with van der Waals surface area (Å²) in [6, 6.07) is 6.67. The topological polar surface area (TPSA) is 115 Å². The molecule has 2 aliphatic heterocycles. The van der Waals surface area contributed by atoms with Gasteiger partial charge in [0.1, 0.15) is 11.7 Å². The summed E-state index contributed by atoms with van der Waals surface area (Å²) in [7, 11) is 0. The number of carboxylic acids is 1. The van der Waals surface area contributed by atoms with E-state index < -0.39 is 12.0 Å². The average molecular weight is 394 g/mol. The minimum Gasteiger partial charge on any atom is -0.477 e. The highest BCUT2D eigenvalue weighted by Gasteiger charge is 2.53. The van der Waals surface area contributed by atoms with Crippen molar-refractivity contribution in [2.45, 2.75) is 31.8 Å². The highest BCUT2D eigenvalue weighted by atomic mass is 16.4. The molecule has 2 atom stereocenters. The average Bonchev–Trinajstić information content (AvgIpc) is 3.18. The van der Waals surface area contributed by atoms with Crippen molar-refractivity contribution in [3.8, 4) is 0 Å². The van der Waals surface area contributed by atoms with Crippen molar-refractivity contribution in [1.29, 1.82) is 0 Å².